The topological polar surface area (TPSA) is 79.4 Å². The molecular formula is C9H15N3O3. The summed E-state index contributed by atoms with van der Waals surface area (Å²) < 4.78 is 11.2. The van der Waals surface area contributed by atoms with Gasteiger partial charge in [-0.05, 0) is 6.42 Å². The second-order valence-corrected chi connectivity index (χ2v) is 3.00. The van der Waals surface area contributed by atoms with Crippen molar-refractivity contribution in [1.29, 1.82) is 0 Å². The highest BCUT2D eigenvalue weighted by atomic mass is 16.5. The Balaban J connectivity index is 2.64. The third kappa shape index (κ3) is 2.95. The van der Waals surface area contributed by atoms with Gasteiger partial charge >= 0.3 is 5.97 Å². The predicted molar refractivity (Wildman–Crippen MR) is 54.2 cm³/mol. The molecule has 0 amide bonds. The molecule has 0 atom stereocenters. The third-order valence-corrected chi connectivity index (χ3v) is 1.74. The Morgan fingerprint density at radius 3 is 3.00 bits per heavy atom. The molecule has 1 rings (SSSR count). The molecule has 0 aliphatic heterocycles. The lowest BCUT2D eigenvalue weighted by Gasteiger charge is -2.01. The Bertz CT molecular complexity index is 335. The minimum Gasteiger partial charge on any atom is -0.464 e. The quantitative estimate of drug-likeness (QED) is 0.573. The summed E-state index contributed by atoms with van der Waals surface area (Å²) in [6, 6.07) is 0. The number of nitrogens with two attached hydrogens (primary N) is 1. The minimum atomic E-state index is -0.540. The van der Waals surface area contributed by atoms with E-state index in [2.05, 4.69) is 9.84 Å². The summed E-state index contributed by atoms with van der Waals surface area (Å²) in [6.07, 6.45) is 2.47. The highest BCUT2D eigenvalue weighted by molar-refractivity contribution is 5.92. The van der Waals surface area contributed by atoms with Crippen LogP contribution in [0.1, 0.15) is 23.8 Å². The molecule has 0 aliphatic rings. The van der Waals surface area contributed by atoms with E-state index in [9.17, 15) is 4.79 Å². The van der Waals surface area contributed by atoms with Crippen molar-refractivity contribution >= 4 is 11.7 Å². The van der Waals surface area contributed by atoms with E-state index in [-0.39, 0.29) is 12.4 Å². The molecule has 0 unspecified atom stereocenters. The van der Waals surface area contributed by atoms with E-state index < -0.39 is 5.97 Å². The van der Waals surface area contributed by atoms with Crippen LogP contribution in [0.15, 0.2) is 6.20 Å². The van der Waals surface area contributed by atoms with Gasteiger partial charge in [-0.15, -0.1) is 0 Å². The van der Waals surface area contributed by atoms with Gasteiger partial charge in [0.1, 0.15) is 6.73 Å². The van der Waals surface area contributed by atoms with E-state index in [1.807, 2.05) is 6.92 Å². The Hall–Kier alpha value is -1.56. The Morgan fingerprint density at radius 1 is 1.67 bits per heavy atom. The number of esters is 1. The van der Waals surface area contributed by atoms with Crippen molar-refractivity contribution in [3.8, 4) is 0 Å². The van der Waals surface area contributed by atoms with Crippen molar-refractivity contribution in [2.45, 2.75) is 20.1 Å². The number of hydrogen-bond donors (Lipinski definition) is 1. The Morgan fingerprint density at radius 2 is 2.40 bits per heavy atom. The van der Waals surface area contributed by atoms with Gasteiger partial charge in [-0.3, -0.25) is 0 Å². The molecule has 1 aromatic rings. The van der Waals surface area contributed by atoms with Crippen LogP contribution in [0.2, 0.25) is 0 Å². The van der Waals surface area contributed by atoms with Crippen molar-refractivity contribution < 1.29 is 14.3 Å². The Labute approximate surface area is 88.0 Å². The average Bonchev–Trinajstić information content (AvgIpc) is 2.59. The van der Waals surface area contributed by atoms with Crippen molar-refractivity contribution in [2.24, 2.45) is 0 Å². The van der Waals surface area contributed by atoms with Crippen LogP contribution in [-0.2, 0) is 16.2 Å². The maximum absolute atomic E-state index is 11.2. The van der Waals surface area contributed by atoms with Crippen LogP contribution in [-0.4, -0.2) is 29.5 Å². The van der Waals surface area contributed by atoms with Gasteiger partial charge in [0.2, 0.25) is 0 Å². The standard InChI is InChI=1S/C9H15N3O3/c1-3-4-15-6-12-5-7(10)8(11-12)9(13)14-2/h5H,3-4,6,10H2,1-2H3. The molecule has 6 heteroatoms. The summed E-state index contributed by atoms with van der Waals surface area (Å²) in [4.78, 5) is 11.2. The largest absolute Gasteiger partial charge is 0.464 e. The monoisotopic (exact) mass is 213 g/mol. The average molecular weight is 213 g/mol. The van der Waals surface area contributed by atoms with Crippen LogP contribution >= 0.6 is 0 Å². The molecule has 84 valence electrons. The van der Waals surface area contributed by atoms with E-state index in [0.29, 0.717) is 12.3 Å². The van der Waals surface area contributed by atoms with Crippen molar-refractivity contribution in [3.05, 3.63) is 11.9 Å². The predicted octanol–water partition coefficient (Wildman–Crippen LogP) is 0.636. The van der Waals surface area contributed by atoms with Crippen LogP contribution < -0.4 is 5.73 Å². The van der Waals surface area contributed by atoms with Crippen molar-refractivity contribution in [3.63, 3.8) is 0 Å². The molecule has 1 aromatic heterocycles. The molecular weight excluding hydrogens is 198 g/mol. The van der Waals surface area contributed by atoms with E-state index >= 15 is 0 Å². The summed E-state index contributed by atoms with van der Waals surface area (Å²) in [5, 5.41) is 3.94. The zero-order chi connectivity index (χ0) is 11.3. The first kappa shape index (κ1) is 11.5. The van der Waals surface area contributed by atoms with Crippen molar-refractivity contribution in [1.82, 2.24) is 9.78 Å². The number of carbonyl (C=O) groups excluding carboxylic acids is 1. The van der Waals surface area contributed by atoms with Crippen LogP contribution in [0.25, 0.3) is 0 Å². The first-order chi connectivity index (χ1) is 7.19. The smallest absolute Gasteiger partial charge is 0.360 e. The highest BCUT2D eigenvalue weighted by Gasteiger charge is 2.14. The number of rotatable bonds is 5. The van der Waals surface area contributed by atoms with E-state index in [4.69, 9.17) is 10.5 Å². The Kier molecular flexibility index (Phi) is 4.11. The molecule has 15 heavy (non-hydrogen) atoms. The van der Waals surface area contributed by atoms with Crippen LogP contribution in [0, 0.1) is 0 Å². The second kappa shape index (κ2) is 5.35. The van der Waals surface area contributed by atoms with Gasteiger partial charge in [0.05, 0.1) is 19.0 Å². The molecule has 0 spiro atoms. The zero-order valence-corrected chi connectivity index (χ0v) is 8.90. The number of aromatic nitrogens is 2. The molecule has 6 nitrogen and oxygen atoms in total. The fourth-order valence-corrected chi connectivity index (χ4v) is 1.06. The van der Waals surface area contributed by atoms with Crippen LogP contribution in [0.4, 0.5) is 5.69 Å². The lowest BCUT2D eigenvalue weighted by atomic mass is 10.4. The lowest BCUT2D eigenvalue weighted by molar-refractivity contribution is 0.0575. The zero-order valence-electron chi connectivity index (χ0n) is 8.90. The number of anilines is 1. The van der Waals surface area contributed by atoms with E-state index in [0.717, 1.165) is 6.42 Å². The number of ether oxygens (including phenoxy) is 2. The summed E-state index contributed by atoms with van der Waals surface area (Å²) in [6.45, 7) is 2.94. The van der Waals surface area contributed by atoms with Gasteiger partial charge in [0.25, 0.3) is 0 Å². The summed E-state index contributed by atoms with van der Waals surface area (Å²) in [7, 11) is 1.29. The van der Waals surface area contributed by atoms with Gasteiger partial charge in [-0.25, -0.2) is 9.48 Å². The number of methoxy groups -OCH3 is 1. The van der Waals surface area contributed by atoms with E-state index in [1.165, 1.54) is 11.8 Å². The maximum atomic E-state index is 11.2. The summed E-state index contributed by atoms with van der Waals surface area (Å²) >= 11 is 0. The van der Waals surface area contributed by atoms with Gasteiger partial charge < -0.3 is 15.2 Å². The molecule has 0 saturated heterocycles. The SMILES string of the molecule is CCCOCn1cc(N)c(C(=O)OC)n1. The molecule has 0 aromatic carbocycles. The first-order valence-electron chi connectivity index (χ1n) is 4.68. The first-order valence-corrected chi connectivity index (χ1v) is 4.68. The fraction of sp³-hybridized carbons (Fsp3) is 0.556. The lowest BCUT2D eigenvalue weighted by Crippen LogP contribution is -2.08. The number of nitrogen functional groups attached to an aromatic ring is 1. The molecule has 0 fully saturated rings. The highest BCUT2D eigenvalue weighted by Crippen LogP contribution is 2.09. The fourth-order valence-electron chi connectivity index (χ4n) is 1.06. The molecule has 0 aliphatic carbocycles. The summed E-state index contributed by atoms with van der Waals surface area (Å²) in [5.74, 6) is -0.540. The van der Waals surface area contributed by atoms with Crippen LogP contribution in [0.3, 0.4) is 0 Å². The summed E-state index contributed by atoms with van der Waals surface area (Å²) in [5.41, 5.74) is 6.00. The second-order valence-electron chi connectivity index (χ2n) is 3.00. The number of carbonyl (C=O) groups is 1. The molecule has 0 radical (unpaired) electrons. The van der Waals surface area contributed by atoms with Gasteiger partial charge in [-0.2, -0.15) is 5.10 Å². The molecule has 2 N–H and O–H groups in total. The van der Waals surface area contributed by atoms with Gasteiger partial charge in [0.15, 0.2) is 5.69 Å². The minimum absolute atomic E-state index is 0.123. The van der Waals surface area contributed by atoms with Crippen LogP contribution in [0.5, 0.6) is 0 Å². The molecule has 0 bridgehead atoms. The normalized spacial score (nSPS) is 10.3. The van der Waals surface area contributed by atoms with Gasteiger partial charge in [-0.1, -0.05) is 6.92 Å². The number of hydrogen-bond acceptors (Lipinski definition) is 5. The number of nitrogens with zero attached hydrogens (tertiary/aromatic N) is 2. The molecule has 1 heterocycles. The molecule has 0 saturated carbocycles. The van der Waals surface area contributed by atoms with E-state index in [1.54, 1.807) is 6.20 Å². The third-order valence-electron chi connectivity index (χ3n) is 1.74. The van der Waals surface area contributed by atoms with Crippen molar-refractivity contribution in [2.75, 3.05) is 19.5 Å². The van der Waals surface area contributed by atoms with Gasteiger partial charge in [0, 0.05) is 6.61 Å². The maximum Gasteiger partial charge on any atom is 0.360 e.